The Morgan fingerprint density at radius 1 is 0.955 bits per heavy atom. The second-order valence-electron chi connectivity index (χ2n) is 6.89. The summed E-state index contributed by atoms with van der Waals surface area (Å²) in [7, 11) is -0.443. The molecule has 3 nitrogen and oxygen atoms in total. The van der Waals surface area contributed by atoms with Crippen LogP contribution < -0.4 is 5.59 Å². The lowest BCUT2D eigenvalue weighted by Gasteiger charge is -2.32. The molecule has 1 fully saturated rings. The molecule has 1 aliphatic heterocycles. The van der Waals surface area contributed by atoms with Gasteiger partial charge in [-0.15, -0.1) is 0 Å². The third-order valence-corrected chi connectivity index (χ3v) is 4.64. The van der Waals surface area contributed by atoms with Crippen LogP contribution in [0.15, 0.2) is 42.6 Å². The number of rotatable bonds is 2. The predicted molar refractivity (Wildman–Crippen MR) is 90.1 cm³/mol. The molecule has 1 aromatic heterocycles. The molecular formula is C18H22BNO2. The van der Waals surface area contributed by atoms with Gasteiger partial charge in [-0.2, -0.15) is 0 Å². The Kier molecular flexibility index (Phi) is 3.62. The summed E-state index contributed by atoms with van der Waals surface area (Å²) in [5.41, 5.74) is 3.54. The number of benzene rings is 1. The number of hydrogen-bond donors (Lipinski definition) is 0. The molecule has 0 spiro atoms. The highest BCUT2D eigenvalue weighted by Gasteiger charge is 2.52. The number of hydrogen-bond acceptors (Lipinski definition) is 3. The molecule has 114 valence electrons. The molecule has 0 aliphatic carbocycles. The fourth-order valence-electron chi connectivity index (χ4n) is 2.62. The van der Waals surface area contributed by atoms with Crippen molar-refractivity contribution < 1.29 is 9.31 Å². The van der Waals surface area contributed by atoms with E-state index in [9.17, 15) is 0 Å². The molecule has 4 heteroatoms. The zero-order valence-electron chi connectivity index (χ0n) is 13.9. The van der Waals surface area contributed by atoms with Crippen molar-refractivity contribution in [3.8, 4) is 11.1 Å². The fourth-order valence-corrected chi connectivity index (χ4v) is 2.62. The topological polar surface area (TPSA) is 31.4 Å². The van der Waals surface area contributed by atoms with Crippen LogP contribution in [0.5, 0.6) is 0 Å². The third-order valence-electron chi connectivity index (χ3n) is 4.64. The van der Waals surface area contributed by atoms with Crippen molar-refractivity contribution in [2.45, 2.75) is 45.8 Å². The Morgan fingerprint density at radius 3 is 2.27 bits per heavy atom. The van der Waals surface area contributed by atoms with E-state index < -0.39 is 7.12 Å². The molecule has 0 bridgehead atoms. The lowest BCUT2D eigenvalue weighted by Crippen LogP contribution is -2.41. The normalized spacial score (nSPS) is 19.4. The van der Waals surface area contributed by atoms with Crippen molar-refractivity contribution in [3.63, 3.8) is 0 Å². The molecule has 1 saturated heterocycles. The van der Waals surface area contributed by atoms with Crippen molar-refractivity contribution in [2.75, 3.05) is 0 Å². The predicted octanol–water partition coefficient (Wildman–Crippen LogP) is 3.36. The number of aromatic nitrogens is 1. The summed E-state index contributed by atoms with van der Waals surface area (Å²) in [5, 5.41) is 0. The van der Waals surface area contributed by atoms with Crippen molar-refractivity contribution >= 4 is 12.7 Å². The molecule has 0 unspecified atom stereocenters. The van der Waals surface area contributed by atoms with E-state index in [4.69, 9.17) is 9.31 Å². The SMILES string of the molecule is Cc1cccc(-c2cccnc2B2OC(C)(C)C(C)(C)O2)c1. The number of nitrogens with zero attached hydrogens (tertiary/aromatic N) is 1. The van der Waals surface area contributed by atoms with Gasteiger partial charge in [-0.1, -0.05) is 35.9 Å². The minimum absolute atomic E-state index is 0.362. The molecule has 0 saturated carbocycles. The van der Waals surface area contributed by atoms with Crippen molar-refractivity contribution in [3.05, 3.63) is 48.2 Å². The molecule has 1 aromatic carbocycles. The lowest BCUT2D eigenvalue weighted by molar-refractivity contribution is 0.00578. The van der Waals surface area contributed by atoms with Gasteiger partial charge < -0.3 is 9.31 Å². The van der Waals surface area contributed by atoms with Crippen LogP contribution in [0.25, 0.3) is 11.1 Å². The van der Waals surface area contributed by atoms with Gasteiger partial charge in [0.2, 0.25) is 0 Å². The van der Waals surface area contributed by atoms with E-state index in [0.717, 1.165) is 16.7 Å². The largest absolute Gasteiger partial charge is 0.515 e. The van der Waals surface area contributed by atoms with E-state index in [-0.39, 0.29) is 11.2 Å². The van der Waals surface area contributed by atoms with Crippen LogP contribution in [0.3, 0.4) is 0 Å². The molecule has 3 rings (SSSR count). The zero-order valence-corrected chi connectivity index (χ0v) is 13.9. The minimum Gasteiger partial charge on any atom is -0.398 e. The van der Waals surface area contributed by atoms with Gasteiger partial charge in [0.15, 0.2) is 0 Å². The summed E-state index contributed by atoms with van der Waals surface area (Å²) in [6, 6.07) is 12.4. The highest BCUT2D eigenvalue weighted by atomic mass is 16.7. The average molecular weight is 295 g/mol. The molecule has 0 atom stereocenters. The number of pyridine rings is 1. The van der Waals surface area contributed by atoms with Crippen LogP contribution in [0, 0.1) is 6.92 Å². The van der Waals surface area contributed by atoms with Gasteiger partial charge in [0.05, 0.1) is 16.8 Å². The molecule has 1 aliphatic rings. The van der Waals surface area contributed by atoms with E-state index in [1.54, 1.807) is 6.20 Å². The van der Waals surface area contributed by atoms with Crippen molar-refractivity contribution in [1.82, 2.24) is 4.98 Å². The first-order valence-corrected chi connectivity index (χ1v) is 7.68. The summed E-state index contributed by atoms with van der Waals surface area (Å²) in [6.45, 7) is 10.3. The Morgan fingerprint density at radius 2 is 1.64 bits per heavy atom. The molecule has 2 heterocycles. The van der Waals surface area contributed by atoms with E-state index in [0.29, 0.717) is 0 Å². The van der Waals surface area contributed by atoms with E-state index >= 15 is 0 Å². The van der Waals surface area contributed by atoms with Crippen LogP contribution in [-0.2, 0) is 9.31 Å². The third kappa shape index (κ3) is 2.57. The van der Waals surface area contributed by atoms with Gasteiger partial charge in [-0.05, 0) is 51.8 Å². The summed E-state index contributed by atoms with van der Waals surface area (Å²) in [4.78, 5) is 4.55. The molecule has 2 aromatic rings. The summed E-state index contributed by atoms with van der Waals surface area (Å²) >= 11 is 0. The average Bonchev–Trinajstić information content (AvgIpc) is 2.67. The van der Waals surface area contributed by atoms with Gasteiger partial charge in [-0.25, -0.2) is 0 Å². The number of aryl methyl sites for hydroxylation is 1. The second-order valence-corrected chi connectivity index (χ2v) is 6.89. The first kappa shape index (κ1) is 15.3. The highest BCUT2D eigenvalue weighted by Crippen LogP contribution is 2.37. The molecule has 22 heavy (non-hydrogen) atoms. The Balaban J connectivity index is 2.04. The van der Waals surface area contributed by atoms with Crippen molar-refractivity contribution in [1.29, 1.82) is 0 Å². The van der Waals surface area contributed by atoms with Gasteiger partial charge in [-0.3, -0.25) is 4.98 Å². The van der Waals surface area contributed by atoms with Crippen molar-refractivity contribution in [2.24, 2.45) is 0 Å². The first-order valence-electron chi connectivity index (χ1n) is 7.68. The monoisotopic (exact) mass is 295 g/mol. The quantitative estimate of drug-likeness (QED) is 0.796. The van der Waals surface area contributed by atoms with E-state index in [1.807, 2.05) is 6.07 Å². The van der Waals surface area contributed by atoms with E-state index in [2.05, 4.69) is 69.9 Å². The first-order chi connectivity index (χ1) is 10.3. The maximum atomic E-state index is 6.16. The smallest absolute Gasteiger partial charge is 0.398 e. The fraction of sp³-hybridized carbons (Fsp3) is 0.389. The minimum atomic E-state index is -0.443. The highest BCUT2D eigenvalue weighted by molar-refractivity contribution is 6.62. The zero-order chi connectivity index (χ0) is 16.0. The van der Waals surface area contributed by atoms with Gasteiger partial charge >= 0.3 is 7.12 Å². The summed E-state index contributed by atoms with van der Waals surface area (Å²) < 4.78 is 12.3. The van der Waals surface area contributed by atoms with Crippen LogP contribution >= 0.6 is 0 Å². The maximum Gasteiger partial charge on any atom is 0.515 e. The van der Waals surface area contributed by atoms with Crippen LogP contribution in [-0.4, -0.2) is 23.3 Å². The van der Waals surface area contributed by atoms with Gasteiger partial charge in [0.25, 0.3) is 0 Å². The maximum absolute atomic E-state index is 6.16. The summed E-state index contributed by atoms with van der Waals surface area (Å²) in [6.07, 6.45) is 1.79. The Labute approximate surface area is 132 Å². The Bertz CT molecular complexity index is 681. The molecule has 0 amide bonds. The van der Waals surface area contributed by atoms with Crippen LogP contribution in [0.4, 0.5) is 0 Å². The van der Waals surface area contributed by atoms with Crippen LogP contribution in [0.1, 0.15) is 33.3 Å². The van der Waals surface area contributed by atoms with Crippen LogP contribution in [0.2, 0.25) is 0 Å². The molecular weight excluding hydrogens is 273 g/mol. The Hall–Kier alpha value is -1.65. The molecule has 0 radical (unpaired) electrons. The lowest BCUT2D eigenvalue weighted by atomic mass is 9.79. The van der Waals surface area contributed by atoms with Gasteiger partial charge in [0.1, 0.15) is 0 Å². The van der Waals surface area contributed by atoms with E-state index in [1.165, 1.54) is 5.56 Å². The van der Waals surface area contributed by atoms with Gasteiger partial charge in [0, 0.05) is 6.20 Å². The molecule has 0 N–H and O–H groups in total. The standard InChI is InChI=1S/C18H22BNO2/c1-13-8-6-9-14(12-13)15-10-7-11-20-16(15)19-21-17(2,3)18(4,5)22-19/h6-12H,1-5H3. The second kappa shape index (κ2) is 5.22. The summed E-state index contributed by atoms with van der Waals surface area (Å²) in [5.74, 6) is 0.